The summed E-state index contributed by atoms with van der Waals surface area (Å²) in [5.41, 5.74) is 2.70. The van der Waals surface area contributed by atoms with E-state index in [4.69, 9.17) is 10.5 Å². The van der Waals surface area contributed by atoms with Crippen LogP contribution in [0.25, 0.3) is 0 Å². The highest BCUT2D eigenvalue weighted by Gasteiger charge is 2.50. The molecule has 0 aromatic heterocycles. The van der Waals surface area contributed by atoms with Gasteiger partial charge in [-0.2, -0.15) is 26.3 Å². The molecule has 0 saturated carbocycles. The number of amides is 2. The summed E-state index contributed by atoms with van der Waals surface area (Å²) in [5.74, 6) is -2.92. The number of ether oxygens (including phenoxy) is 1. The third-order valence-electron chi connectivity index (χ3n) is 6.98. The van der Waals surface area contributed by atoms with Crippen LogP contribution in [0.3, 0.4) is 0 Å². The molecule has 37 heavy (non-hydrogen) atoms. The van der Waals surface area contributed by atoms with Crippen LogP contribution >= 0.6 is 0 Å². The SMILES string of the molecule is C[C@@H](O[C@H]1CN2C(=O)CC(C(N)=O)C[C@H]2[C@@H]1c1ccc(F)cc1)c1cc(C(F)(F)F)cc(C(F)(F)F)c1. The number of benzene rings is 2. The number of primary amides is 1. The van der Waals surface area contributed by atoms with Crippen molar-refractivity contribution in [3.63, 3.8) is 0 Å². The number of hydrogen-bond donors (Lipinski definition) is 1. The fraction of sp³-hybridized carbons (Fsp3) is 0.440. The zero-order valence-electron chi connectivity index (χ0n) is 19.4. The molecule has 0 spiro atoms. The number of halogens is 7. The molecule has 12 heteroatoms. The number of nitrogens with two attached hydrogens (primary N) is 1. The van der Waals surface area contributed by atoms with Crippen molar-refractivity contribution in [2.75, 3.05) is 6.54 Å². The number of piperidine rings is 1. The van der Waals surface area contributed by atoms with Gasteiger partial charge in [0.05, 0.1) is 23.3 Å². The van der Waals surface area contributed by atoms with Crippen LogP contribution in [0.2, 0.25) is 0 Å². The van der Waals surface area contributed by atoms with E-state index in [9.17, 15) is 40.3 Å². The average molecular weight is 532 g/mol. The number of rotatable bonds is 5. The van der Waals surface area contributed by atoms with Gasteiger partial charge < -0.3 is 15.4 Å². The zero-order chi connectivity index (χ0) is 27.3. The van der Waals surface area contributed by atoms with Gasteiger partial charge in [-0.1, -0.05) is 12.1 Å². The molecule has 2 aliphatic heterocycles. The first-order valence-corrected chi connectivity index (χ1v) is 11.4. The van der Waals surface area contributed by atoms with Crippen LogP contribution in [0, 0.1) is 11.7 Å². The Morgan fingerprint density at radius 3 is 2.11 bits per heavy atom. The highest BCUT2D eigenvalue weighted by Crippen LogP contribution is 2.44. The summed E-state index contributed by atoms with van der Waals surface area (Å²) >= 11 is 0. The molecule has 5 atom stereocenters. The lowest BCUT2D eigenvalue weighted by Crippen LogP contribution is -2.47. The number of nitrogens with zero attached hydrogens (tertiary/aromatic N) is 1. The maximum atomic E-state index is 13.6. The van der Waals surface area contributed by atoms with Gasteiger partial charge in [0, 0.05) is 30.8 Å². The number of alkyl halides is 6. The van der Waals surface area contributed by atoms with E-state index in [1.807, 2.05) is 0 Å². The van der Waals surface area contributed by atoms with Gasteiger partial charge in [0.1, 0.15) is 5.82 Å². The molecule has 2 saturated heterocycles. The van der Waals surface area contributed by atoms with Gasteiger partial charge in [-0.05, 0) is 54.8 Å². The van der Waals surface area contributed by atoms with Crippen molar-refractivity contribution in [3.8, 4) is 0 Å². The maximum Gasteiger partial charge on any atom is 0.416 e. The van der Waals surface area contributed by atoms with Gasteiger partial charge in [0.25, 0.3) is 0 Å². The van der Waals surface area contributed by atoms with E-state index in [1.54, 1.807) is 0 Å². The van der Waals surface area contributed by atoms with Crippen molar-refractivity contribution in [1.29, 1.82) is 0 Å². The van der Waals surface area contributed by atoms with E-state index in [0.717, 1.165) is 0 Å². The summed E-state index contributed by atoms with van der Waals surface area (Å²) < 4.78 is 99.7. The second kappa shape index (κ2) is 9.62. The number of carbonyl (C=O) groups excluding carboxylic acids is 2. The molecule has 2 aliphatic rings. The lowest BCUT2D eigenvalue weighted by Gasteiger charge is -2.35. The van der Waals surface area contributed by atoms with Crippen molar-refractivity contribution in [2.45, 2.75) is 56.3 Å². The number of carbonyl (C=O) groups is 2. The summed E-state index contributed by atoms with van der Waals surface area (Å²) in [7, 11) is 0. The first kappa shape index (κ1) is 26.9. The second-order valence-corrected chi connectivity index (χ2v) is 9.39. The Morgan fingerprint density at radius 1 is 1.03 bits per heavy atom. The minimum atomic E-state index is -5.02. The van der Waals surface area contributed by atoms with Gasteiger partial charge in [-0.3, -0.25) is 9.59 Å². The summed E-state index contributed by atoms with van der Waals surface area (Å²) in [4.78, 5) is 26.1. The highest BCUT2D eigenvalue weighted by molar-refractivity contribution is 5.86. The molecule has 2 amide bonds. The molecule has 0 bridgehead atoms. The fourth-order valence-corrected chi connectivity index (χ4v) is 5.17. The Bertz CT molecular complexity index is 1150. The molecular weight excluding hydrogens is 509 g/mol. The Balaban J connectivity index is 1.70. The van der Waals surface area contributed by atoms with Gasteiger partial charge in [0.2, 0.25) is 11.8 Å². The summed E-state index contributed by atoms with van der Waals surface area (Å²) in [6, 6.07) is 5.98. The third-order valence-corrected chi connectivity index (χ3v) is 6.98. The molecule has 2 aromatic carbocycles. The van der Waals surface area contributed by atoms with E-state index in [0.29, 0.717) is 17.7 Å². The topological polar surface area (TPSA) is 72.6 Å². The molecule has 2 aromatic rings. The quantitative estimate of drug-likeness (QED) is 0.539. The van der Waals surface area contributed by atoms with Crippen LogP contribution in [0.1, 0.15) is 54.0 Å². The van der Waals surface area contributed by atoms with Crippen LogP contribution in [0.15, 0.2) is 42.5 Å². The van der Waals surface area contributed by atoms with Crippen molar-refractivity contribution < 1.29 is 45.1 Å². The van der Waals surface area contributed by atoms with Crippen molar-refractivity contribution in [1.82, 2.24) is 4.90 Å². The minimum Gasteiger partial charge on any atom is -0.369 e. The minimum absolute atomic E-state index is 0.00749. The molecule has 2 heterocycles. The maximum absolute atomic E-state index is 13.6. The fourth-order valence-electron chi connectivity index (χ4n) is 5.17. The van der Waals surface area contributed by atoms with Gasteiger partial charge in [-0.15, -0.1) is 0 Å². The predicted molar refractivity (Wildman–Crippen MR) is 116 cm³/mol. The first-order valence-electron chi connectivity index (χ1n) is 11.4. The van der Waals surface area contributed by atoms with Crippen LogP contribution in [-0.4, -0.2) is 35.4 Å². The monoisotopic (exact) mass is 532 g/mol. The van der Waals surface area contributed by atoms with Crippen LogP contribution in [0.4, 0.5) is 30.7 Å². The largest absolute Gasteiger partial charge is 0.416 e. The van der Waals surface area contributed by atoms with Gasteiger partial charge in [0.15, 0.2) is 0 Å². The first-order chi connectivity index (χ1) is 17.1. The standard InChI is InChI=1S/C25H23F7N2O3/c1-12(14-6-16(24(27,28)29)10-17(7-14)25(30,31)32)37-20-11-34-19(8-15(23(33)36)9-21(34)35)22(20)13-2-4-18(26)5-3-13/h2-7,10,12,15,19-20,22H,8-9,11H2,1H3,(H2,33,36)/t12-,15?,19+,20+,22+/m1/s1. The Kier molecular flexibility index (Phi) is 7.00. The average Bonchev–Trinajstić information content (AvgIpc) is 3.16. The summed E-state index contributed by atoms with van der Waals surface area (Å²) in [5, 5.41) is 0. The Hall–Kier alpha value is -3.15. The third kappa shape index (κ3) is 5.58. The molecule has 2 fully saturated rings. The van der Waals surface area contributed by atoms with E-state index in [-0.39, 0.29) is 36.9 Å². The molecule has 1 unspecified atom stereocenters. The molecule has 0 radical (unpaired) electrons. The van der Waals surface area contributed by atoms with E-state index in [2.05, 4.69) is 0 Å². The van der Waals surface area contributed by atoms with E-state index >= 15 is 0 Å². The van der Waals surface area contributed by atoms with Gasteiger partial charge in [-0.25, -0.2) is 4.39 Å². The Morgan fingerprint density at radius 2 is 1.59 bits per heavy atom. The van der Waals surface area contributed by atoms with Crippen LogP contribution in [-0.2, 0) is 26.7 Å². The lowest BCUT2D eigenvalue weighted by molar-refractivity contribution is -0.143. The van der Waals surface area contributed by atoms with Crippen molar-refractivity contribution in [3.05, 3.63) is 70.5 Å². The summed E-state index contributed by atoms with van der Waals surface area (Å²) in [6.45, 7) is 1.31. The zero-order valence-corrected chi connectivity index (χ0v) is 19.4. The molecule has 0 aliphatic carbocycles. The van der Waals surface area contributed by atoms with Gasteiger partial charge >= 0.3 is 12.4 Å². The van der Waals surface area contributed by atoms with Crippen molar-refractivity contribution >= 4 is 11.8 Å². The van der Waals surface area contributed by atoms with Crippen molar-refractivity contribution in [2.24, 2.45) is 11.7 Å². The predicted octanol–water partition coefficient (Wildman–Crippen LogP) is 5.20. The lowest BCUT2D eigenvalue weighted by atomic mass is 9.81. The second-order valence-electron chi connectivity index (χ2n) is 9.39. The molecular formula is C25H23F7N2O3. The number of fused-ring (bicyclic) bond motifs is 1. The molecule has 4 rings (SSSR count). The Labute approximate surface area is 207 Å². The normalized spacial score (nSPS) is 25.2. The smallest absolute Gasteiger partial charge is 0.369 e. The highest BCUT2D eigenvalue weighted by atomic mass is 19.4. The molecule has 5 nitrogen and oxygen atoms in total. The van der Waals surface area contributed by atoms with E-state index < -0.39 is 65.3 Å². The van der Waals surface area contributed by atoms with Crippen LogP contribution in [0.5, 0.6) is 0 Å². The molecule has 200 valence electrons. The van der Waals surface area contributed by atoms with E-state index in [1.165, 1.54) is 36.1 Å². The number of hydrogen-bond acceptors (Lipinski definition) is 3. The van der Waals surface area contributed by atoms with Crippen LogP contribution < -0.4 is 5.73 Å². The summed E-state index contributed by atoms with van der Waals surface area (Å²) in [6.07, 6.45) is -12.0. The molecule has 2 N–H and O–H groups in total.